The quantitative estimate of drug-likeness (QED) is 0.268. The van der Waals surface area contributed by atoms with E-state index in [4.69, 9.17) is 14.2 Å². The Morgan fingerprint density at radius 2 is 1.37 bits per heavy atom. The van der Waals surface area contributed by atoms with Crippen LogP contribution in [0.1, 0.15) is 44.7 Å². The largest absolute Gasteiger partial charge is 0.497 e. The van der Waals surface area contributed by atoms with Crippen molar-refractivity contribution in [2.45, 2.75) is 58.1 Å². The number of hydrogen-bond acceptors (Lipinski definition) is 6. The molecule has 0 saturated carbocycles. The van der Waals surface area contributed by atoms with E-state index in [0.29, 0.717) is 17.9 Å². The van der Waals surface area contributed by atoms with Crippen LogP contribution in [-0.4, -0.2) is 44.3 Å². The van der Waals surface area contributed by atoms with Crippen LogP contribution in [0.4, 0.5) is 0 Å². The van der Waals surface area contributed by atoms with Crippen LogP contribution in [-0.2, 0) is 32.6 Å². The van der Waals surface area contributed by atoms with Crippen LogP contribution in [0.3, 0.4) is 0 Å². The Labute approximate surface area is 209 Å². The number of allylic oxidation sites excluding steroid dienone is 1. The molecule has 7 nitrogen and oxygen atoms in total. The van der Waals surface area contributed by atoms with Crippen LogP contribution in [0.2, 0.25) is 0 Å². The summed E-state index contributed by atoms with van der Waals surface area (Å²) in [6, 6.07) is 14.5. The molecule has 2 aromatic carbocycles. The fourth-order valence-electron chi connectivity index (χ4n) is 3.79. The van der Waals surface area contributed by atoms with Crippen LogP contribution in [0.5, 0.6) is 11.5 Å². The Kier molecular flexibility index (Phi) is 10.8. The van der Waals surface area contributed by atoms with Gasteiger partial charge in [-0.1, -0.05) is 37.3 Å². The normalized spacial score (nSPS) is 13.3. The predicted molar refractivity (Wildman–Crippen MR) is 138 cm³/mol. The predicted octanol–water partition coefficient (Wildman–Crippen LogP) is 4.96. The molecule has 0 amide bonds. The van der Waals surface area contributed by atoms with Gasteiger partial charge < -0.3 is 14.2 Å². The maximum atomic E-state index is 14.1. The first-order chi connectivity index (χ1) is 16.6. The van der Waals surface area contributed by atoms with Crippen molar-refractivity contribution in [2.75, 3.05) is 14.2 Å². The molecular weight excluding hydrogens is 466 g/mol. The van der Waals surface area contributed by atoms with Gasteiger partial charge in [-0.3, -0.25) is 4.79 Å². The number of hydrogen-bond donors (Lipinski definition) is 0. The van der Waals surface area contributed by atoms with E-state index >= 15 is 0 Å². The third kappa shape index (κ3) is 8.40. The summed E-state index contributed by atoms with van der Waals surface area (Å²) in [6.07, 6.45) is 1.59. The third-order valence-electron chi connectivity index (χ3n) is 5.69. The lowest BCUT2D eigenvalue weighted by Crippen LogP contribution is -2.42. The van der Waals surface area contributed by atoms with Crippen molar-refractivity contribution in [3.8, 4) is 11.5 Å². The van der Waals surface area contributed by atoms with Gasteiger partial charge in [0.25, 0.3) is 0 Å². The Morgan fingerprint density at radius 1 is 0.914 bits per heavy atom. The number of rotatable bonds is 14. The fourth-order valence-corrected chi connectivity index (χ4v) is 5.87. The molecule has 2 aromatic rings. The minimum atomic E-state index is -3.92. The van der Waals surface area contributed by atoms with Gasteiger partial charge >= 0.3 is 5.97 Å². The van der Waals surface area contributed by atoms with Gasteiger partial charge in [-0.2, -0.15) is 4.31 Å². The van der Waals surface area contributed by atoms with Crippen molar-refractivity contribution < 1.29 is 27.4 Å². The molecule has 0 aliphatic rings. The van der Waals surface area contributed by atoms with Gasteiger partial charge in [0.1, 0.15) is 11.5 Å². The van der Waals surface area contributed by atoms with Crippen molar-refractivity contribution in [2.24, 2.45) is 5.92 Å². The van der Waals surface area contributed by atoms with E-state index in [1.54, 1.807) is 58.4 Å². The highest BCUT2D eigenvalue weighted by molar-refractivity contribution is 7.89. The molecule has 0 saturated heterocycles. The van der Waals surface area contributed by atoms with Gasteiger partial charge in [0.15, 0.2) is 0 Å². The van der Waals surface area contributed by atoms with Crippen LogP contribution >= 0.6 is 0 Å². The van der Waals surface area contributed by atoms with Crippen LogP contribution in [0.15, 0.2) is 61.2 Å². The number of sulfonamides is 1. The molecule has 2 atom stereocenters. The first kappa shape index (κ1) is 28.4. The van der Waals surface area contributed by atoms with E-state index in [-0.39, 0.29) is 31.5 Å². The fraction of sp³-hybridized carbons (Fsp3) is 0.444. The highest BCUT2D eigenvalue weighted by Gasteiger charge is 2.38. The van der Waals surface area contributed by atoms with Crippen LogP contribution in [0, 0.1) is 5.92 Å². The number of benzene rings is 2. The summed E-state index contributed by atoms with van der Waals surface area (Å²) in [6.45, 7) is 9.37. The van der Waals surface area contributed by atoms with Crippen LogP contribution in [0.25, 0.3) is 0 Å². The lowest BCUT2D eigenvalue weighted by molar-refractivity contribution is -0.147. The van der Waals surface area contributed by atoms with Crippen molar-refractivity contribution in [1.29, 1.82) is 0 Å². The summed E-state index contributed by atoms with van der Waals surface area (Å²) in [4.78, 5) is 12.5. The van der Waals surface area contributed by atoms with Gasteiger partial charge in [0.05, 0.1) is 32.0 Å². The minimum Gasteiger partial charge on any atom is -0.497 e. The second-order valence-electron chi connectivity index (χ2n) is 8.79. The first-order valence-electron chi connectivity index (χ1n) is 11.7. The number of esters is 1. The molecule has 0 aromatic heterocycles. The van der Waals surface area contributed by atoms with Crippen molar-refractivity contribution in [3.63, 3.8) is 0 Å². The summed E-state index contributed by atoms with van der Waals surface area (Å²) >= 11 is 0. The molecule has 0 bridgehead atoms. The molecule has 0 radical (unpaired) electrons. The molecule has 0 fully saturated rings. The van der Waals surface area contributed by atoms with Gasteiger partial charge in [0, 0.05) is 13.1 Å². The zero-order chi connectivity index (χ0) is 26.0. The molecule has 2 rings (SSSR count). The highest BCUT2D eigenvalue weighted by Crippen LogP contribution is 2.28. The van der Waals surface area contributed by atoms with E-state index in [1.165, 1.54) is 4.31 Å². The molecule has 35 heavy (non-hydrogen) atoms. The molecule has 2 unspecified atom stereocenters. The molecule has 0 aliphatic carbocycles. The lowest BCUT2D eigenvalue weighted by Gasteiger charge is -2.30. The maximum absolute atomic E-state index is 14.1. The van der Waals surface area contributed by atoms with Crippen LogP contribution < -0.4 is 9.47 Å². The standard InChI is InChI=1S/C27H37NO6S/c1-7-8-21(4)26(17-27(29)34-20(2)3)35(30,31)28(18-22-9-13-24(32-5)14-10-22)19-23-11-15-25(33-6)16-12-23/h7,9-16,20-21,26H,1,8,17-19H2,2-6H3. The van der Waals surface area contributed by atoms with E-state index in [0.717, 1.165) is 11.1 Å². The van der Waals surface area contributed by atoms with Crippen molar-refractivity contribution in [3.05, 3.63) is 72.3 Å². The Hall–Kier alpha value is -2.84. The number of carbonyl (C=O) groups excluding carboxylic acids is 1. The Bertz CT molecular complexity index is 999. The molecule has 0 heterocycles. The molecular formula is C27H37NO6S. The molecule has 192 valence electrons. The average Bonchev–Trinajstić information content (AvgIpc) is 2.82. The van der Waals surface area contributed by atoms with Gasteiger partial charge in [-0.15, -0.1) is 6.58 Å². The molecule has 8 heteroatoms. The second-order valence-corrected chi connectivity index (χ2v) is 10.9. The monoisotopic (exact) mass is 503 g/mol. The SMILES string of the molecule is C=CCC(C)C(CC(=O)OC(C)C)S(=O)(=O)N(Cc1ccc(OC)cc1)Cc1ccc(OC)cc1. The molecule has 0 N–H and O–H groups in total. The summed E-state index contributed by atoms with van der Waals surface area (Å²) in [5.74, 6) is 0.518. The third-order valence-corrected chi connectivity index (χ3v) is 8.06. The van der Waals surface area contributed by atoms with E-state index in [9.17, 15) is 13.2 Å². The van der Waals surface area contributed by atoms with Gasteiger partial charge in [0.2, 0.25) is 10.0 Å². The number of methoxy groups -OCH3 is 2. The first-order valence-corrected chi connectivity index (χ1v) is 13.2. The van der Waals surface area contributed by atoms with E-state index < -0.39 is 21.2 Å². The summed E-state index contributed by atoms with van der Waals surface area (Å²) in [7, 11) is -0.760. The zero-order valence-corrected chi connectivity index (χ0v) is 22.1. The maximum Gasteiger partial charge on any atom is 0.307 e. The Morgan fingerprint density at radius 3 is 1.74 bits per heavy atom. The van der Waals surface area contributed by atoms with E-state index in [1.807, 2.05) is 31.2 Å². The summed E-state index contributed by atoms with van der Waals surface area (Å²) in [5.41, 5.74) is 1.62. The van der Waals surface area contributed by atoms with Gasteiger partial charge in [-0.25, -0.2) is 8.42 Å². The van der Waals surface area contributed by atoms with E-state index in [2.05, 4.69) is 6.58 Å². The van der Waals surface area contributed by atoms with Crippen molar-refractivity contribution >= 4 is 16.0 Å². The lowest BCUT2D eigenvalue weighted by atomic mass is 10.0. The minimum absolute atomic E-state index is 0.148. The average molecular weight is 504 g/mol. The summed E-state index contributed by atoms with van der Waals surface area (Å²) < 4.78 is 45.3. The second kappa shape index (κ2) is 13.3. The summed E-state index contributed by atoms with van der Waals surface area (Å²) in [5, 5.41) is -0.955. The molecule has 0 aliphatic heterocycles. The Balaban J connectivity index is 2.45. The number of carbonyl (C=O) groups is 1. The smallest absolute Gasteiger partial charge is 0.307 e. The number of nitrogens with zero attached hydrogens (tertiary/aromatic N) is 1. The molecule has 0 spiro atoms. The zero-order valence-electron chi connectivity index (χ0n) is 21.3. The highest BCUT2D eigenvalue weighted by atomic mass is 32.2. The van der Waals surface area contributed by atoms with Crippen molar-refractivity contribution in [1.82, 2.24) is 4.31 Å². The topological polar surface area (TPSA) is 82.1 Å². The number of ether oxygens (including phenoxy) is 3. The van der Waals surface area contributed by atoms with Gasteiger partial charge in [-0.05, 0) is 61.6 Å².